The Morgan fingerprint density at radius 2 is 2.15 bits per heavy atom. The van der Waals surface area contributed by atoms with Gasteiger partial charge in [-0.05, 0) is 37.3 Å². The molecule has 2 N–H and O–H groups in total. The largest absolute Gasteiger partial charge is 0.478 e. The van der Waals surface area contributed by atoms with Crippen molar-refractivity contribution in [2.24, 2.45) is 0 Å². The molecule has 0 aliphatic rings. The third-order valence-electron chi connectivity index (χ3n) is 2.68. The molecule has 0 aliphatic heterocycles. The molecule has 0 amide bonds. The van der Waals surface area contributed by atoms with E-state index in [-0.39, 0.29) is 5.56 Å². The Kier molecular flexibility index (Phi) is 4.01. The quantitative estimate of drug-likeness (QED) is 0.899. The molecule has 0 saturated heterocycles. The average Bonchev–Trinajstić information content (AvgIpc) is 2.40. The normalized spacial score (nSPS) is 9.85. The smallest absolute Gasteiger partial charge is 0.337 e. The molecule has 2 aromatic rings. The molecule has 20 heavy (non-hydrogen) atoms. The fraction of sp³-hybridized carbons (Fsp3) is 0.0714. The zero-order chi connectivity index (χ0) is 14.7. The zero-order valence-electron chi connectivity index (χ0n) is 10.5. The Balaban J connectivity index is 2.34. The van der Waals surface area contributed by atoms with Crippen molar-refractivity contribution in [2.75, 3.05) is 5.32 Å². The third-order valence-corrected chi connectivity index (χ3v) is 3.17. The topological polar surface area (TPSA) is 86.0 Å². The van der Waals surface area contributed by atoms with E-state index in [1.807, 2.05) is 6.07 Å². The van der Waals surface area contributed by atoms with Crippen LogP contribution in [0.1, 0.15) is 21.6 Å². The van der Waals surface area contributed by atoms with Crippen molar-refractivity contribution in [2.45, 2.75) is 6.92 Å². The van der Waals surface area contributed by atoms with Gasteiger partial charge in [-0.15, -0.1) is 0 Å². The summed E-state index contributed by atoms with van der Waals surface area (Å²) in [5.41, 5.74) is 1.66. The SMILES string of the molecule is Cc1nc(Nc2ccc(Br)cc2C#N)ccc1C(=O)O. The lowest BCUT2D eigenvalue weighted by Crippen LogP contribution is -2.04. The number of nitrogens with zero attached hydrogens (tertiary/aromatic N) is 2. The second-order valence-electron chi connectivity index (χ2n) is 4.06. The van der Waals surface area contributed by atoms with Crippen molar-refractivity contribution in [3.8, 4) is 6.07 Å². The highest BCUT2D eigenvalue weighted by Crippen LogP contribution is 2.23. The van der Waals surface area contributed by atoms with Crippen LogP contribution in [0.25, 0.3) is 0 Å². The summed E-state index contributed by atoms with van der Waals surface area (Å²) in [6.45, 7) is 1.63. The number of aromatic nitrogens is 1. The minimum absolute atomic E-state index is 0.159. The summed E-state index contributed by atoms with van der Waals surface area (Å²) in [7, 11) is 0. The molecule has 0 fully saturated rings. The molecular formula is C14H10BrN3O2. The lowest BCUT2D eigenvalue weighted by molar-refractivity contribution is 0.0695. The van der Waals surface area contributed by atoms with Crippen LogP contribution in [0.2, 0.25) is 0 Å². The molecule has 0 saturated carbocycles. The van der Waals surface area contributed by atoms with E-state index >= 15 is 0 Å². The fourth-order valence-electron chi connectivity index (χ4n) is 1.71. The number of hydrogen-bond donors (Lipinski definition) is 2. The van der Waals surface area contributed by atoms with Gasteiger partial charge in [0.1, 0.15) is 11.9 Å². The summed E-state index contributed by atoms with van der Waals surface area (Å²) in [4.78, 5) is 15.1. The number of halogens is 1. The number of pyridine rings is 1. The maximum absolute atomic E-state index is 10.9. The van der Waals surface area contributed by atoms with Crippen molar-refractivity contribution in [1.29, 1.82) is 5.26 Å². The van der Waals surface area contributed by atoms with Gasteiger partial charge in [0.05, 0.1) is 22.5 Å². The van der Waals surface area contributed by atoms with Crippen LogP contribution in [-0.2, 0) is 0 Å². The van der Waals surface area contributed by atoms with Crippen LogP contribution in [0.4, 0.5) is 11.5 Å². The van der Waals surface area contributed by atoms with E-state index in [0.29, 0.717) is 22.8 Å². The first kappa shape index (κ1) is 14.0. The van der Waals surface area contributed by atoms with Crippen LogP contribution in [0.15, 0.2) is 34.8 Å². The number of nitrogens with one attached hydrogen (secondary N) is 1. The Hall–Kier alpha value is -2.39. The van der Waals surface area contributed by atoms with Gasteiger partial charge in [0.15, 0.2) is 0 Å². The predicted octanol–water partition coefficient (Wildman–Crippen LogP) is 3.47. The van der Waals surface area contributed by atoms with E-state index in [1.54, 1.807) is 25.1 Å². The van der Waals surface area contributed by atoms with E-state index in [4.69, 9.17) is 10.4 Å². The van der Waals surface area contributed by atoms with Crippen molar-refractivity contribution >= 4 is 33.4 Å². The number of carbonyl (C=O) groups is 1. The Bertz CT molecular complexity index is 723. The van der Waals surface area contributed by atoms with Gasteiger partial charge >= 0.3 is 5.97 Å². The first-order valence-corrected chi connectivity index (χ1v) is 6.48. The van der Waals surface area contributed by atoms with Crippen molar-refractivity contribution in [1.82, 2.24) is 4.98 Å². The maximum Gasteiger partial charge on any atom is 0.337 e. The van der Waals surface area contributed by atoms with Gasteiger partial charge in [-0.3, -0.25) is 0 Å². The van der Waals surface area contributed by atoms with Crippen LogP contribution < -0.4 is 5.32 Å². The molecular weight excluding hydrogens is 322 g/mol. The summed E-state index contributed by atoms with van der Waals surface area (Å²) < 4.78 is 0.810. The summed E-state index contributed by atoms with van der Waals surface area (Å²) in [6, 6.07) is 10.4. The molecule has 6 heteroatoms. The number of nitriles is 1. The van der Waals surface area contributed by atoms with Gasteiger partial charge in [-0.2, -0.15) is 5.26 Å². The van der Waals surface area contributed by atoms with E-state index in [0.717, 1.165) is 4.47 Å². The second kappa shape index (κ2) is 5.72. The first-order chi connectivity index (χ1) is 9.51. The summed E-state index contributed by atoms with van der Waals surface area (Å²) >= 11 is 3.30. The molecule has 0 unspecified atom stereocenters. The number of carboxylic acids is 1. The Labute approximate surface area is 124 Å². The number of hydrogen-bond acceptors (Lipinski definition) is 4. The highest BCUT2D eigenvalue weighted by molar-refractivity contribution is 9.10. The first-order valence-electron chi connectivity index (χ1n) is 5.69. The minimum Gasteiger partial charge on any atom is -0.478 e. The summed E-state index contributed by atoms with van der Waals surface area (Å²) in [6.07, 6.45) is 0. The predicted molar refractivity (Wildman–Crippen MR) is 78.1 cm³/mol. The van der Waals surface area contributed by atoms with Gasteiger partial charge in [0, 0.05) is 4.47 Å². The van der Waals surface area contributed by atoms with E-state index in [1.165, 1.54) is 6.07 Å². The lowest BCUT2D eigenvalue weighted by atomic mass is 10.2. The van der Waals surface area contributed by atoms with Crippen LogP contribution in [-0.4, -0.2) is 16.1 Å². The Morgan fingerprint density at radius 3 is 2.75 bits per heavy atom. The van der Waals surface area contributed by atoms with Gasteiger partial charge in [0.2, 0.25) is 0 Å². The zero-order valence-corrected chi connectivity index (χ0v) is 12.1. The average molecular weight is 332 g/mol. The van der Waals surface area contributed by atoms with Crippen LogP contribution in [0.3, 0.4) is 0 Å². The molecule has 2 rings (SSSR count). The fourth-order valence-corrected chi connectivity index (χ4v) is 2.07. The number of benzene rings is 1. The molecule has 0 aliphatic carbocycles. The van der Waals surface area contributed by atoms with E-state index in [9.17, 15) is 4.79 Å². The molecule has 1 aromatic heterocycles. The van der Waals surface area contributed by atoms with Crippen LogP contribution in [0, 0.1) is 18.3 Å². The van der Waals surface area contributed by atoms with Gasteiger partial charge in [0.25, 0.3) is 0 Å². The van der Waals surface area contributed by atoms with E-state index in [2.05, 4.69) is 32.3 Å². The summed E-state index contributed by atoms with van der Waals surface area (Å²) in [5.74, 6) is -0.519. The lowest BCUT2D eigenvalue weighted by Gasteiger charge is -2.09. The molecule has 0 spiro atoms. The molecule has 100 valence electrons. The molecule has 1 aromatic carbocycles. The van der Waals surface area contributed by atoms with Gasteiger partial charge in [-0.1, -0.05) is 15.9 Å². The number of rotatable bonds is 3. The van der Waals surface area contributed by atoms with Gasteiger partial charge < -0.3 is 10.4 Å². The second-order valence-corrected chi connectivity index (χ2v) is 4.98. The Morgan fingerprint density at radius 1 is 1.40 bits per heavy atom. The third kappa shape index (κ3) is 2.95. The van der Waals surface area contributed by atoms with E-state index < -0.39 is 5.97 Å². The standard InChI is InChI=1S/C14H10BrN3O2/c1-8-11(14(19)20)3-5-13(17-8)18-12-4-2-10(15)6-9(12)7-16/h2-6H,1H3,(H,17,18)(H,19,20). The van der Waals surface area contributed by atoms with Crippen molar-refractivity contribution in [3.63, 3.8) is 0 Å². The minimum atomic E-state index is -1.01. The number of anilines is 2. The number of carboxylic acid groups (broad SMARTS) is 1. The monoisotopic (exact) mass is 331 g/mol. The van der Waals surface area contributed by atoms with Crippen LogP contribution >= 0.6 is 15.9 Å². The van der Waals surface area contributed by atoms with Crippen LogP contribution in [0.5, 0.6) is 0 Å². The molecule has 0 radical (unpaired) electrons. The maximum atomic E-state index is 10.9. The molecule has 5 nitrogen and oxygen atoms in total. The van der Waals surface area contributed by atoms with Crippen molar-refractivity contribution < 1.29 is 9.90 Å². The molecule has 1 heterocycles. The highest BCUT2D eigenvalue weighted by Gasteiger charge is 2.10. The van der Waals surface area contributed by atoms with Gasteiger partial charge in [-0.25, -0.2) is 9.78 Å². The van der Waals surface area contributed by atoms with Crippen molar-refractivity contribution in [3.05, 3.63) is 51.6 Å². The highest BCUT2D eigenvalue weighted by atomic mass is 79.9. The molecule has 0 bridgehead atoms. The molecule has 0 atom stereocenters. The number of aryl methyl sites for hydroxylation is 1. The number of aromatic carboxylic acids is 1. The summed E-state index contributed by atoms with van der Waals surface area (Å²) in [5, 5.41) is 21.0.